The molecule has 0 heterocycles. The highest BCUT2D eigenvalue weighted by Gasteiger charge is 2.05. The summed E-state index contributed by atoms with van der Waals surface area (Å²) in [6.07, 6.45) is 2.19. The summed E-state index contributed by atoms with van der Waals surface area (Å²) in [6.45, 7) is 0.853. The van der Waals surface area contributed by atoms with Crippen LogP contribution in [0, 0.1) is 5.82 Å². The minimum absolute atomic E-state index is 0.142. The van der Waals surface area contributed by atoms with E-state index in [1.54, 1.807) is 36.4 Å². The fourth-order valence-electron chi connectivity index (χ4n) is 2.08. The van der Waals surface area contributed by atoms with Gasteiger partial charge in [0.25, 0.3) is 5.91 Å². The van der Waals surface area contributed by atoms with Gasteiger partial charge in [0.15, 0.2) is 12.9 Å². The maximum Gasteiger partial charge on any atom is 0.257 e. The molecule has 0 radical (unpaired) electrons. The molecule has 2 rings (SSSR count). The van der Waals surface area contributed by atoms with Crippen molar-refractivity contribution in [3.63, 3.8) is 0 Å². The van der Waals surface area contributed by atoms with Crippen molar-refractivity contribution in [1.82, 2.24) is 5.32 Å². The monoisotopic (exact) mass is 345 g/mol. The Hall–Kier alpha value is -2.89. The first-order chi connectivity index (χ1) is 12.2. The van der Waals surface area contributed by atoms with Gasteiger partial charge in [-0.05, 0) is 49.2 Å². The molecule has 0 bridgehead atoms. The zero-order chi connectivity index (χ0) is 17.9. The third kappa shape index (κ3) is 6.63. The quantitative estimate of drug-likeness (QED) is 0.531. The van der Waals surface area contributed by atoms with Gasteiger partial charge in [-0.25, -0.2) is 4.39 Å². The number of nitrogens with one attached hydrogen (secondary N) is 1. The van der Waals surface area contributed by atoms with Crippen molar-refractivity contribution < 1.29 is 23.5 Å². The Morgan fingerprint density at radius 1 is 1.04 bits per heavy atom. The molecule has 2 aromatic carbocycles. The first-order valence-electron chi connectivity index (χ1n) is 8.01. The van der Waals surface area contributed by atoms with E-state index in [2.05, 4.69) is 5.32 Å². The van der Waals surface area contributed by atoms with E-state index in [0.717, 1.165) is 12.8 Å². The van der Waals surface area contributed by atoms with Crippen LogP contribution >= 0.6 is 0 Å². The highest BCUT2D eigenvalue weighted by atomic mass is 19.1. The fourth-order valence-corrected chi connectivity index (χ4v) is 2.08. The van der Waals surface area contributed by atoms with Crippen LogP contribution in [0.4, 0.5) is 4.39 Å². The zero-order valence-corrected chi connectivity index (χ0v) is 13.7. The Kier molecular flexibility index (Phi) is 7.43. The predicted octanol–water partition coefficient (Wildman–Crippen LogP) is 2.99. The van der Waals surface area contributed by atoms with Gasteiger partial charge in [-0.3, -0.25) is 9.59 Å². The summed E-state index contributed by atoms with van der Waals surface area (Å²) in [5.74, 6) is 0.459. The summed E-state index contributed by atoms with van der Waals surface area (Å²) in [7, 11) is 0. The summed E-state index contributed by atoms with van der Waals surface area (Å²) in [5.41, 5.74) is 0.410. The lowest BCUT2D eigenvalue weighted by atomic mass is 10.2. The molecule has 1 amide bonds. The molecule has 25 heavy (non-hydrogen) atoms. The minimum atomic E-state index is -0.298. The largest absolute Gasteiger partial charge is 0.494 e. The molecule has 5 nitrogen and oxygen atoms in total. The average molecular weight is 345 g/mol. The zero-order valence-electron chi connectivity index (χ0n) is 13.7. The van der Waals surface area contributed by atoms with Gasteiger partial charge in [0.2, 0.25) is 0 Å². The maximum atomic E-state index is 12.7. The SMILES string of the molecule is O=Cc1ccccc1OCC(=O)NCCCCOc1ccc(F)cc1. The van der Waals surface area contributed by atoms with Crippen molar-refractivity contribution in [2.45, 2.75) is 12.8 Å². The lowest BCUT2D eigenvalue weighted by Crippen LogP contribution is -2.30. The second-order valence-corrected chi connectivity index (χ2v) is 5.30. The number of hydrogen-bond donors (Lipinski definition) is 1. The van der Waals surface area contributed by atoms with Crippen LogP contribution < -0.4 is 14.8 Å². The Morgan fingerprint density at radius 3 is 2.56 bits per heavy atom. The molecule has 0 spiro atoms. The van der Waals surface area contributed by atoms with Gasteiger partial charge in [0, 0.05) is 6.54 Å². The van der Waals surface area contributed by atoms with Crippen molar-refractivity contribution in [2.24, 2.45) is 0 Å². The molecule has 2 aromatic rings. The standard InChI is InChI=1S/C19H20FNO4/c20-16-7-9-17(10-8-16)24-12-4-3-11-21-19(23)14-25-18-6-2-1-5-15(18)13-22/h1-2,5-10,13H,3-4,11-12,14H2,(H,21,23). The summed E-state index contributed by atoms with van der Waals surface area (Å²) in [5, 5.41) is 2.74. The van der Waals surface area contributed by atoms with Crippen molar-refractivity contribution in [1.29, 1.82) is 0 Å². The number of hydrogen-bond acceptors (Lipinski definition) is 4. The summed E-state index contributed by atoms with van der Waals surface area (Å²) in [6, 6.07) is 12.6. The minimum Gasteiger partial charge on any atom is -0.494 e. The molecule has 6 heteroatoms. The molecule has 0 aliphatic rings. The van der Waals surface area contributed by atoms with Crippen LogP contribution in [0.25, 0.3) is 0 Å². The van der Waals surface area contributed by atoms with E-state index in [1.165, 1.54) is 12.1 Å². The maximum absolute atomic E-state index is 12.7. The van der Waals surface area contributed by atoms with Crippen LogP contribution in [0.1, 0.15) is 23.2 Å². The van der Waals surface area contributed by atoms with Crippen LogP contribution in [0.3, 0.4) is 0 Å². The predicted molar refractivity (Wildman–Crippen MR) is 91.5 cm³/mol. The molecule has 0 saturated heterocycles. The van der Waals surface area contributed by atoms with E-state index in [4.69, 9.17) is 9.47 Å². The second-order valence-electron chi connectivity index (χ2n) is 5.30. The van der Waals surface area contributed by atoms with E-state index in [9.17, 15) is 14.0 Å². The lowest BCUT2D eigenvalue weighted by molar-refractivity contribution is -0.123. The van der Waals surface area contributed by atoms with Gasteiger partial charge in [0.1, 0.15) is 17.3 Å². The van der Waals surface area contributed by atoms with Gasteiger partial charge < -0.3 is 14.8 Å². The van der Waals surface area contributed by atoms with Crippen LogP contribution in [-0.2, 0) is 4.79 Å². The van der Waals surface area contributed by atoms with Crippen molar-refractivity contribution in [3.05, 3.63) is 59.9 Å². The molecular weight excluding hydrogens is 325 g/mol. The van der Waals surface area contributed by atoms with E-state index >= 15 is 0 Å². The number of carbonyl (C=O) groups is 2. The van der Waals surface area contributed by atoms with Gasteiger partial charge in [-0.15, -0.1) is 0 Å². The Morgan fingerprint density at radius 2 is 1.80 bits per heavy atom. The number of halogens is 1. The molecule has 0 saturated carbocycles. The fraction of sp³-hybridized carbons (Fsp3) is 0.263. The van der Waals surface area contributed by atoms with E-state index in [1.807, 2.05) is 0 Å². The third-order valence-electron chi connectivity index (χ3n) is 3.38. The number of carbonyl (C=O) groups excluding carboxylic acids is 2. The topological polar surface area (TPSA) is 64.6 Å². The van der Waals surface area contributed by atoms with Gasteiger partial charge >= 0.3 is 0 Å². The average Bonchev–Trinajstić information content (AvgIpc) is 2.64. The molecule has 132 valence electrons. The first kappa shape index (κ1) is 18.4. The highest BCUT2D eigenvalue weighted by Crippen LogP contribution is 2.15. The van der Waals surface area contributed by atoms with Crippen LogP contribution in [0.15, 0.2) is 48.5 Å². The number of unbranched alkanes of at least 4 members (excludes halogenated alkanes) is 1. The molecule has 0 aliphatic heterocycles. The summed E-state index contributed by atoms with van der Waals surface area (Å²) >= 11 is 0. The molecule has 1 N–H and O–H groups in total. The number of ether oxygens (including phenoxy) is 2. The molecule has 0 unspecified atom stereocenters. The Balaban J connectivity index is 1.56. The first-order valence-corrected chi connectivity index (χ1v) is 8.01. The van der Waals surface area contributed by atoms with Crippen LogP contribution in [-0.4, -0.2) is 32.0 Å². The van der Waals surface area contributed by atoms with Crippen molar-refractivity contribution in [3.8, 4) is 11.5 Å². The molecular formula is C19H20FNO4. The lowest BCUT2D eigenvalue weighted by Gasteiger charge is -2.09. The van der Waals surface area contributed by atoms with E-state index < -0.39 is 0 Å². The van der Waals surface area contributed by atoms with Crippen molar-refractivity contribution in [2.75, 3.05) is 19.8 Å². The van der Waals surface area contributed by atoms with Crippen LogP contribution in [0.5, 0.6) is 11.5 Å². The second kappa shape index (κ2) is 10.1. The number of rotatable bonds is 10. The molecule has 0 aromatic heterocycles. The Bertz CT molecular complexity index is 688. The number of benzene rings is 2. The summed E-state index contributed by atoms with van der Waals surface area (Å²) in [4.78, 5) is 22.6. The summed E-state index contributed by atoms with van der Waals surface area (Å²) < 4.78 is 23.5. The van der Waals surface area contributed by atoms with Gasteiger partial charge in [-0.1, -0.05) is 12.1 Å². The highest BCUT2D eigenvalue weighted by molar-refractivity contribution is 5.80. The van der Waals surface area contributed by atoms with E-state index in [0.29, 0.717) is 36.5 Å². The molecule has 0 atom stereocenters. The van der Waals surface area contributed by atoms with Gasteiger partial charge in [-0.2, -0.15) is 0 Å². The normalized spacial score (nSPS) is 10.1. The number of aldehydes is 1. The van der Waals surface area contributed by atoms with E-state index in [-0.39, 0.29) is 18.3 Å². The molecule has 0 aliphatic carbocycles. The number of amides is 1. The third-order valence-corrected chi connectivity index (χ3v) is 3.38. The smallest absolute Gasteiger partial charge is 0.257 e. The Labute approximate surface area is 145 Å². The molecule has 0 fully saturated rings. The number of para-hydroxylation sites is 1. The van der Waals surface area contributed by atoms with Crippen LogP contribution in [0.2, 0.25) is 0 Å². The van der Waals surface area contributed by atoms with Gasteiger partial charge in [0.05, 0.1) is 12.2 Å². The van der Waals surface area contributed by atoms with Crippen molar-refractivity contribution >= 4 is 12.2 Å².